The number of aliphatic hydroxyl groups excluding tert-OH is 1. The topological polar surface area (TPSA) is 59.1 Å². The van der Waals surface area contributed by atoms with Gasteiger partial charge in [-0.1, -0.05) is 0 Å². The molecule has 1 aromatic heterocycles. The Morgan fingerprint density at radius 1 is 1.57 bits per heavy atom. The predicted molar refractivity (Wildman–Crippen MR) is 53.6 cm³/mol. The molecule has 74 valence electrons. The first-order chi connectivity index (χ1) is 6.70. The maximum Gasteiger partial charge on any atom is 0.124 e. The van der Waals surface area contributed by atoms with Gasteiger partial charge in [-0.2, -0.15) is 0 Å². The van der Waals surface area contributed by atoms with E-state index in [0.717, 1.165) is 4.70 Å². The average Bonchev–Trinajstić information content (AvgIpc) is 2.59. The fraction of sp³-hybridized carbons (Fsp3) is 0.222. The zero-order valence-electron chi connectivity index (χ0n) is 7.27. The zero-order chi connectivity index (χ0) is 10.1. The number of hydrogen-bond donors (Lipinski definition) is 2. The number of aliphatic hydroxyl groups is 1. The van der Waals surface area contributed by atoms with E-state index in [1.807, 2.05) is 0 Å². The minimum absolute atomic E-state index is 0.127. The van der Waals surface area contributed by atoms with E-state index in [1.165, 1.54) is 23.5 Å². The van der Waals surface area contributed by atoms with Crippen molar-refractivity contribution in [1.82, 2.24) is 4.98 Å². The van der Waals surface area contributed by atoms with Gasteiger partial charge in [-0.25, -0.2) is 9.37 Å². The van der Waals surface area contributed by atoms with Crippen LogP contribution in [0.1, 0.15) is 11.1 Å². The molecule has 1 atom stereocenters. The Balaban J connectivity index is 2.51. The number of halogens is 1. The van der Waals surface area contributed by atoms with Gasteiger partial charge >= 0.3 is 0 Å². The monoisotopic (exact) mass is 212 g/mol. The Kier molecular flexibility index (Phi) is 2.45. The summed E-state index contributed by atoms with van der Waals surface area (Å²) in [5.41, 5.74) is 5.99. The maximum absolute atomic E-state index is 12.8. The molecule has 0 fully saturated rings. The Morgan fingerprint density at radius 3 is 3.07 bits per heavy atom. The summed E-state index contributed by atoms with van der Waals surface area (Å²) in [5.74, 6) is -0.296. The standard InChI is InChI=1S/C9H9FN2OS/c10-5-1-2-6-8(3-5)14-9(12-6)7(13)4-11/h1-3,7,13H,4,11H2. The zero-order valence-corrected chi connectivity index (χ0v) is 8.09. The van der Waals surface area contributed by atoms with Gasteiger partial charge in [0.05, 0.1) is 10.2 Å². The van der Waals surface area contributed by atoms with E-state index in [0.29, 0.717) is 10.5 Å². The Morgan fingerprint density at radius 2 is 2.36 bits per heavy atom. The highest BCUT2D eigenvalue weighted by Crippen LogP contribution is 2.26. The van der Waals surface area contributed by atoms with E-state index < -0.39 is 6.10 Å². The fourth-order valence-corrected chi connectivity index (χ4v) is 2.15. The van der Waals surface area contributed by atoms with Crippen molar-refractivity contribution in [2.75, 3.05) is 6.54 Å². The number of nitrogens with zero attached hydrogens (tertiary/aromatic N) is 1. The summed E-state index contributed by atoms with van der Waals surface area (Å²) in [7, 11) is 0. The van der Waals surface area contributed by atoms with Crippen LogP contribution in [0.15, 0.2) is 18.2 Å². The maximum atomic E-state index is 12.8. The van der Waals surface area contributed by atoms with E-state index in [-0.39, 0.29) is 12.4 Å². The lowest BCUT2D eigenvalue weighted by molar-refractivity contribution is 0.186. The van der Waals surface area contributed by atoms with Gasteiger partial charge < -0.3 is 10.8 Å². The molecule has 0 aliphatic rings. The molecule has 2 aromatic rings. The molecular formula is C9H9FN2OS. The summed E-state index contributed by atoms with van der Waals surface area (Å²) in [6, 6.07) is 4.34. The molecular weight excluding hydrogens is 203 g/mol. The molecule has 1 aromatic carbocycles. The van der Waals surface area contributed by atoms with Gasteiger partial charge in [0.1, 0.15) is 16.9 Å². The lowest BCUT2D eigenvalue weighted by Crippen LogP contribution is -2.10. The van der Waals surface area contributed by atoms with Gasteiger partial charge in [0.25, 0.3) is 0 Å². The summed E-state index contributed by atoms with van der Waals surface area (Å²) < 4.78 is 13.5. The van der Waals surface area contributed by atoms with Gasteiger partial charge in [0, 0.05) is 6.54 Å². The van der Waals surface area contributed by atoms with E-state index in [9.17, 15) is 9.50 Å². The molecule has 0 bridgehead atoms. The number of benzene rings is 1. The summed E-state index contributed by atoms with van der Waals surface area (Å²) in [6.45, 7) is 0.127. The normalized spacial score (nSPS) is 13.4. The van der Waals surface area contributed by atoms with Crippen molar-refractivity contribution in [3.63, 3.8) is 0 Å². The second-order valence-electron chi connectivity index (χ2n) is 2.92. The molecule has 1 heterocycles. The number of aromatic nitrogens is 1. The van der Waals surface area contributed by atoms with Gasteiger partial charge in [-0.05, 0) is 18.2 Å². The lowest BCUT2D eigenvalue weighted by Gasteiger charge is -2.00. The van der Waals surface area contributed by atoms with Crippen LogP contribution in [0.3, 0.4) is 0 Å². The third kappa shape index (κ3) is 1.61. The lowest BCUT2D eigenvalue weighted by atomic mass is 10.3. The molecule has 0 saturated heterocycles. The Labute approximate surface area is 84.0 Å². The summed E-state index contributed by atoms with van der Waals surface area (Å²) in [6.07, 6.45) is -0.754. The second-order valence-corrected chi connectivity index (χ2v) is 3.98. The van der Waals surface area contributed by atoms with Crippen LogP contribution in [-0.2, 0) is 0 Å². The first kappa shape index (κ1) is 9.51. The van der Waals surface area contributed by atoms with Crippen molar-refractivity contribution in [3.05, 3.63) is 29.0 Å². The number of rotatable bonds is 2. The van der Waals surface area contributed by atoms with E-state index >= 15 is 0 Å². The van der Waals surface area contributed by atoms with Crippen LogP contribution < -0.4 is 5.73 Å². The second kappa shape index (κ2) is 3.61. The van der Waals surface area contributed by atoms with Crippen molar-refractivity contribution in [3.8, 4) is 0 Å². The molecule has 0 spiro atoms. The number of hydrogen-bond acceptors (Lipinski definition) is 4. The Bertz CT molecular complexity index is 457. The van der Waals surface area contributed by atoms with Crippen LogP contribution in [0.4, 0.5) is 4.39 Å². The smallest absolute Gasteiger partial charge is 0.124 e. The van der Waals surface area contributed by atoms with Crippen LogP contribution >= 0.6 is 11.3 Å². The largest absolute Gasteiger partial charge is 0.385 e. The molecule has 3 nitrogen and oxygen atoms in total. The molecule has 1 unspecified atom stereocenters. The van der Waals surface area contributed by atoms with Crippen molar-refractivity contribution in [2.45, 2.75) is 6.10 Å². The SMILES string of the molecule is NCC(O)c1nc2ccc(F)cc2s1. The van der Waals surface area contributed by atoms with Crippen molar-refractivity contribution >= 4 is 21.6 Å². The van der Waals surface area contributed by atoms with Gasteiger partial charge in [0.2, 0.25) is 0 Å². The number of nitrogens with two attached hydrogens (primary N) is 1. The van der Waals surface area contributed by atoms with Gasteiger partial charge in [-0.3, -0.25) is 0 Å². The Hall–Kier alpha value is -1.04. The summed E-state index contributed by atoms with van der Waals surface area (Å²) in [4.78, 5) is 4.15. The first-order valence-corrected chi connectivity index (χ1v) is 4.96. The van der Waals surface area contributed by atoms with Crippen LogP contribution in [0.2, 0.25) is 0 Å². The summed E-state index contributed by atoms with van der Waals surface area (Å²) in [5, 5.41) is 9.96. The molecule has 0 saturated carbocycles. The van der Waals surface area contributed by atoms with Crippen molar-refractivity contribution in [1.29, 1.82) is 0 Å². The number of fused-ring (bicyclic) bond motifs is 1. The third-order valence-corrected chi connectivity index (χ3v) is 2.99. The van der Waals surface area contributed by atoms with Crippen LogP contribution in [0, 0.1) is 5.82 Å². The third-order valence-electron chi connectivity index (χ3n) is 1.88. The van der Waals surface area contributed by atoms with E-state index in [2.05, 4.69) is 4.98 Å². The molecule has 5 heteroatoms. The molecule has 2 rings (SSSR count). The minimum Gasteiger partial charge on any atom is -0.385 e. The van der Waals surface area contributed by atoms with Crippen molar-refractivity contribution < 1.29 is 9.50 Å². The fourth-order valence-electron chi connectivity index (χ4n) is 1.16. The quantitative estimate of drug-likeness (QED) is 0.791. The van der Waals surface area contributed by atoms with Crippen molar-refractivity contribution in [2.24, 2.45) is 5.73 Å². The van der Waals surface area contributed by atoms with E-state index in [4.69, 9.17) is 5.73 Å². The first-order valence-electron chi connectivity index (χ1n) is 4.15. The highest BCUT2D eigenvalue weighted by atomic mass is 32.1. The van der Waals surface area contributed by atoms with Crippen LogP contribution in [0.5, 0.6) is 0 Å². The highest BCUT2D eigenvalue weighted by molar-refractivity contribution is 7.18. The minimum atomic E-state index is -0.754. The molecule has 3 N–H and O–H groups in total. The molecule has 0 aliphatic heterocycles. The van der Waals surface area contributed by atoms with Gasteiger partial charge in [-0.15, -0.1) is 11.3 Å². The average molecular weight is 212 g/mol. The highest BCUT2D eigenvalue weighted by Gasteiger charge is 2.11. The predicted octanol–water partition coefficient (Wildman–Crippen LogP) is 1.43. The van der Waals surface area contributed by atoms with Gasteiger partial charge in [0.15, 0.2) is 0 Å². The molecule has 0 amide bonds. The van der Waals surface area contributed by atoms with E-state index in [1.54, 1.807) is 6.07 Å². The molecule has 0 aliphatic carbocycles. The number of thiazole rings is 1. The summed E-state index contributed by atoms with van der Waals surface area (Å²) >= 11 is 1.26. The van der Waals surface area contributed by atoms with Crippen LogP contribution in [0.25, 0.3) is 10.2 Å². The molecule has 0 radical (unpaired) electrons. The van der Waals surface area contributed by atoms with Crippen LogP contribution in [-0.4, -0.2) is 16.6 Å². The molecule has 14 heavy (non-hydrogen) atoms.